The van der Waals surface area contributed by atoms with Crippen molar-refractivity contribution in [2.45, 2.75) is 36.1 Å². The molecule has 1 heterocycles. The van der Waals surface area contributed by atoms with E-state index in [0.29, 0.717) is 22.1 Å². The molecule has 1 aliphatic carbocycles. The molecule has 3 aromatic carbocycles. The number of halogens is 3. The van der Waals surface area contributed by atoms with E-state index < -0.39 is 45.9 Å². The van der Waals surface area contributed by atoms with Gasteiger partial charge < -0.3 is 29.7 Å². The summed E-state index contributed by atoms with van der Waals surface area (Å²) in [5.74, 6) is -1.13. The molecule has 0 saturated heterocycles. The number of esters is 1. The van der Waals surface area contributed by atoms with Crippen LogP contribution < -0.4 is 10.5 Å². The van der Waals surface area contributed by atoms with Gasteiger partial charge in [-0.3, -0.25) is 24.3 Å². The van der Waals surface area contributed by atoms with E-state index in [1.54, 1.807) is 12.1 Å². The molecule has 21 heteroatoms. The van der Waals surface area contributed by atoms with E-state index in [2.05, 4.69) is 9.89 Å². The number of carboxylic acid groups (broad SMARTS) is 1. The summed E-state index contributed by atoms with van der Waals surface area (Å²) in [6.07, 6.45) is 4.30. The molecular weight excluding hydrogens is 816 g/mol. The predicted octanol–water partition coefficient (Wildman–Crippen LogP) is 7.01. The highest BCUT2D eigenvalue weighted by atomic mass is 35.5. The number of ketones is 1. The summed E-state index contributed by atoms with van der Waals surface area (Å²) < 4.78 is 49.5. The van der Waals surface area contributed by atoms with Gasteiger partial charge in [-0.15, -0.1) is 0 Å². The fraction of sp³-hybridized carbons (Fsp3) is 0.273. The van der Waals surface area contributed by atoms with E-state index in [0.717, 1.165) is 32.3 Å². The van der Waals surface area contributed by atoms with Crippen molar-refractivity contribution in [3.8, 4) is 11.5 Å². The van der Waals surface area contributed by atoms with Crippen molar-refractivity contribution < 1.29 is 56.3 Å². The third kappa shape index (κ3) is 12.9. The van der Waals surface area contributed by atoms with Gasteiger partial charge in [-0.1, -0.05) is 40.0 Å². The van der Waals surface area contributed by atoms with Crippen molar-refractivity contribution in [2.24, 2.45) is 5.73 Å². The van der Waals surface area contributed by atoms with E-state index in [-0.39, 0.29) is 56.0 Å². The molecule has 1 fully saturated rings. The summed E-state index contributed by atoms with van der Waals surface area (Å²) in [7, 11) is -5.53. The molecule has 0 aliphatic heterocycles. The van der Waals surface area contributed by atoms with Crippen molar-refractivity contribution in [1.29, 1.82) is 0 Å². The summed E-state index contributed by atoms with van der Waals surface area (Å²) in [6, 6.07) is 11.5. The van der Waals surface area contributed by atoms with Crippen molar-refractivity contribution >= 4 is 75.4 Å². The minimum absolute atomic E-state index is 0.0412. The first-order valence-corrected chi connectivity index (χ1v) is 20.7. The number of carboxylic acids is 1. The molecule has 0 spiro atoms. The summed E-state index contributed by atoms with van der Waals surface area (Å²) in [5.41, 5.74) is 4.92. The van der Waals surface area contributed by atoms with Gasteiger partial charge >= 0.3 is 11.9 Å². The Kier molecular flexibility index (Phi) is 15.3. The van der Waals surface area contributed by atoms with Crippen LogP contribution in [0.1, 0.15) is 57.2 Å². The Bertz CT molecular complexity index is 2210. The molecule has 16 nitrogen and oxygen atoms in total. The molecule has 2 atom stereocenters. The van der Waals surface area contributed by atoms with Crippen molar-refractivity contribution in [1.82, 2.24) is 5.16 Å². The predicted molar refractivity (Wildman–Crippen MR) is 198 cm³/mol. The molecule has 0 bridgehead atoms. The van der Waals surface area contributed by atoms with Crippen molar-refractivity contribution in [3.63, 3.8) is 0 Å². The average Bonchev–Trinajstić information content (AvgIpc) is 3.82. The molecule has 0 radical (unpaired) electrons. The molecule has 54 heavy (non-hydrogen) atoms. The lowest BCUT2D eigenvalue weighted by Crippen LogP contribution is -2.30. The topological polar surface area (TPSA) is 257 Å². The van der Waals surface area contributed by atoms with Crippen LogP contribution in [0, 0.1) is 10.1 Å². The van der Waals surface area contributed by atoms with E-state index in [1.807, 2.05) is 0 Å². The Labute approximate surface area is 323 Å². The van der Waals surface area contributed by atoms with Crippen LogP contribution in [-0.2, 0) is 23.9 Å². The van der Waals surface area contributed by atoms with Gasteiger partial charge in [0.25, 0.3) is 5.69 Å². The van der Waals surface area contributed by atoms with Crippen LogP contribution in [0.3, 0.4) is 0 Å². The quantitative estimate of drug-likeness (QED) is 0.0426. The van der Waals surface area contributed by atoms with E-state index in [1.165, 1.54) is 49.3 Å². The normalized spacial score (nSPS) is 13.9. The number of nitrogens with two attached hydrogens (primary N) is 1. The summed E-state index contributed by atoms with van der Waals surface area (Å²) >= 11 is 17.6. The Morgan fingerprint density at radius 1 is 1.06 bits per heavy atom. The number of methoxy groups -OCH3 is 1. The van der Waals surface area contributed by atoms with Gasteiger partial charge in [-0.2, -0.15) is 0 Å². The number of sulfone groups is 1. The maximum absolute atomic E-state index is 12.6. The Morgan fingerprint density at radius 3 is 2.22 bits per heavy atom. The number of hydrogen-bond donors (Lipinski definition) is 3. The number of ether oxygens (including phenoxy) is 2. The third-order valence-corrected chi connectivity index (χ3v) is 10.2. The third-order valence-electron chi connectivity index (χ3n) is 7.24. The van der Waals surface area contributed by atoms with E-state index >= 15 is 0 Å². The van der Waals surface area contributed by atoms with Crippen molar-refractivity contribution in [3.05, 3.63) is 108 Å². The molecule has 2 unspecified atom stereocenters. The lowest BCUT2D eigenvalue weighted by Gasteiger charge is -2.09. The van der Waals surface area contributed by atoms with E-state index in [4.69, 9.17) is 59.8 Å². The molecule has 290 valence electrons. The lowest BCUT2D eigenvalue weighted by molar-refractivity contribution is -0.385. The number of aromatic nitrogens is 1. The van der Waals surface area contributed by atoms with Gasteiger partial charge in [0.1, 0.15) is 23.1 Å². The van der Waals surface area contributed by atoms with Gasteiger partial charge in [0.05, 0.1) is 33.7 Å². The van der Waals surface area contributed by atoms with Crippen LogP contribution in [0.15, 0.2) is 70.2 Å². The second-order valence-corrected chi connectivity index (χ2v) is 17.5. The number of nitro groups is 1. The average molecular weight is 849 g/mol. The fourth-order valence-corrected chi connectivity index (χ4v) is 6.74. The smallest absolute Gasteiger partial charge is 0.345 e. The minimum Gasteiger partial charge on any atom is -0.480 e. The zero-order chi connectivity index (χ0) is 40.5. The SMILES string of the molecule is COC(=O)c1cc(Oc2ccc(Cl)cc2Cl)ccc1[N+](=O)[O-].CP(=O)(O)CCC(N)C(=O)O.CS(=O)(=O)c1cc(Cl)ccc1C(=O)c1cnoc1C1CC1. The highest BCUT2D eigenvalue weighted by Gasteiger charge is 2.34. The first-order chi connectivity index (χ1) is 25.1. The number of aliphatic carboxylic acids is 1. The Balaban J connectivity index is 0.000000231. The first kappa shape index (κ1) is 44.0. The highest BCUT2D eigenvalue weighted by Crippen LogP contribution is 2.42. The zero-order valence-electron chi connectivity index (χ0n) is 28.6. The van der Waals surface area contributed by atoms with Gasteiger partial charge in [0.15, 0.2) is 28.7 Å². The molecule has 5 rings (SSSR count). The maximum Gasteiger partial charge on any atom is 0.345 e. The molecule has 1 aromatic heterocycles. The number of carbonyl (C=O) groups is 3. The molecule has 1 aliphatic rings. The fourth-order valence-electron chi connectivity index (χ4n) is 4.39. The van der Waals surface area contributed by atoms with Gasteiger partial charge in [0, 0.05) is 52.7 Å². The van der Waals surface area contributed by atoms with Crippen LogP contribution in [0.4, 0.5) is 5.69 Å². The molecule has 4 aromatic rings. The Hall–Kier alpha value is -4.35. The van der Waals surface area contributed by atoms with Crippen LogP contribution in [0.25, 0.3) is 0 Å². The lowest BCUT2D eigenvalue weighted by atomic mass is 10.0. The summed E-state index contributed by atoms with van der Waals surface area (Å²) in [4.78, 5) is 53.3. The van der Waals surface area contributed by atoms with Crippen LogP contribution in [0.2, 0.25) is 15.1 Å². The van der Waals surface area contributed by atoms with Gasteiger partial charge in [0.2, 0.25) is 0 Å². The molecule has 1 saturated carbocycles. The van der Waals surface area contributed by atoms with Gasteiger partial charge in [-0.25, -0.2) is 13.2 Å². The van der Waals surface area contributed by atoms with Crippen LogP contribution in [0.5, 0.6) is 11.5 Å². The number of hydrogen-bond acceptors (Lipinski definition) is 13. The van der Waals surface area contributed by atoms with Crippen molar-refractivity contribution in [2.75, 3.05) is 26.2 Å². The maximum atomic E-state index is 12.6. The largest absolute Gasteiger partial charge is 0.480 e. The number of nitro benzene ring substituents is 1. The van der Waals surface area contributed by atoms with Crippen LogP contribution in [-0.4, -0.2) is 78.5 Å². The van der Waals surface area contributed by atoms with Gasteiger partial charge in [-0.05, 0) is 61.7 Å². The summed E-state index contributed by atoms with van der Waals surface area (Å²) in [5, 5.41) is 23.8. The second kappa shape index (κ2) is 18.8. The molecule has 4 N–H and O–H groups in total. The van der Waals surface area contributed by atoms with Crippen LogP contribution >= 0.6 is 42.2 Å². The Morgan fingerprint density at radius 2 is 1.69 bits per heavy atom. The molecular formula is C33H33Cl3N3O13PS. The zero-order valence-corrected chi connectivity index (χ0v) is 32.6. The first-order valence-electron chi connectivity index (χ1n) is 15.4. The number of nitrogens with zero attached hydrogens (tertiary/aromatic N) is 2. The van der Waals surface area contributed by atoms with E-state index in [9.17, 15) is 37.5 Å². The molecule has 0 amide bonds. The number of benzene rings is 3. The standard InChI is InChI=1S/C14H9Cl2NO5.C14H12ClNO4S.C5H12NO4P/c1-21-14(18)10-7-9(3-4-12(10)17(19)20)22-13-5-2-8(15)6-11(13)16;1-21(18,19)12-6-9(15)4-5-10(12)13(17)11-7-16-20-14(11)8-2-3-8;1-11(9,10)3-2-4(6)5(7)8/h2-7H,1H3;4-8H,2-3H2,1H3;4H,2-3,6H2,1H3,(H,7,8)(H,9,10). The number of rotatable bonds is 12. The second-order valence-electron chi connectivity index (χ2n) is 11.7. The number of carbonyl (C=O) groups excluding carboxylic acids is 2. The monoisotopic (exact) mass is 847 g/mol. The summed E-state index contributed by atoms with van der Waals surface area (Å²) in [6.45, 7) is 1.18. The minimum atomic E-state index is -3.57. The highest BCUT2D eigenvalue weighted by molar-refractivity contribution is 7.90.